The number of anilines is 2. The van der Waals surface area contributed by atoms with Crippen molar-refractivity contribution in [2.75, 3.05) is 10.6 Å². The van der Waals surface area contributed by atoms with E-state index in [1.165, 1.54) is 6.07 Å². The second kappa shape index (κ2) is 7.80. The summed E-state index contributed by atoms with van der Waals surface area (Å²) in [6, 6.07) is 19.0. The zero-order valence-corrected chi connectivity index (χ0v) is 14.7. The summed E-state index contributed by atoms with van der Waals surface area (Å²) in [5.41, 5.74) is 2.46. The lowest BCUT2D eigenvalue weighted by Gasteiger charge is -2.08. The van der Waals surface area contributed by atoms with Crippen LogP contribution >= 0.6 is 11.6 Å². The highest BCUT2D eigenvalue weighted by Crippen LogP contribution is 2.21. The van der Waals surface area contributed by atoms with Crippen LogP contribution in [-0.4, -0.2) is 16.8 Å². The van der Waals surface area contributed by atoms with Gasteiger partial charge >= 0.3 is 0 Å². The monoisotopic (exact) mass is 365 g/mol. The molecule has 3 rings (SSSR count). The molecule has 0 spiro atoms. The van der Waals surface area contributed by atoms with Gasteiger partial charge in [0.05, 0.1) is 10.7 Å². The van der Waals surface area contributed by atoms with Crippen molar-refractivity contribution in [2.24, 2.45) is 0 Å². The lowest BCUT2D eigenvalue weighted by molar-refractivity contribution is 0.101. The molecule has 2 N–H and O–H groups in total. The van der Waals surface area contributed by atoms with E-state index in [0.29, 0.717) is 16.4 Å². The van der Waals surface area contributed by atoms with Gasteiger partial charge in [-0.15, -0.1) is 0 Å². The largest absolute Gasteiger partial charge is 0.321 e. The summed E-state index contributed by atoms with van der Waals surface area (Å²) in [5.74, 6) is -0.828. The van der Waals surface area contributed by atoms with E-state index in [9.17, 15) is 9.59 Å². The molecule has 0 aliphatic heterocycles. The van der Waals surface area contributed by atoms with Gasteiger partial charge in [-0.25, -0.2) is 4.98 Å². The number of rotatable bonds is 4. The van der Waals surface area contributed by atoms with Gasteiger partial charge in [0.1, 0.15) is 11.4 Å². The summed E-state index contributed by atoms with van der Waals surface area (Å²) < 4.78 is 0. The maximum atomic E-state index is 12.4. The number of nitrogens with zero attached hydrogens (tertiary/aromatic N) is 1. The van der Waals surface area contributed by atoms with Crippen LogP contribution in [-0.2, 0) is 0 Å². The normalized spacial score (nSPS) is 10.2. The molecule has 0 aliphatic carbocycles. The maximum absolute atomic E-state index is 12.4. The Morgan fingerprint density at radius 1 is 0.846 bits per heavy atom. The van der Waals surface area contributed by atoms with E-state index in [1.54, 1.807) is 42.5 Å². The minimum atomic E-state index is -0.441. The van der Waals surface area contributed by atoms with Crippen LogP contribution in [0, 0.1) is 6.92 Å². The van der Waals surface area contributed by atoms with Gasteiger partial charge in [0.25, 0.3) is 11.8 Å². The molecule has 3 aromatic rings. The fourth-order valence-electron chi connectivity index (χ4n) is 2.35. The zero-order chi connectivity index (χ0) is 18.5. The fraction of sp³-hybridized carbons (Fsp3) is 0.0500. The lowest BCUT2D eigenvalue weighted by atomic mass is 10.2. The second-order valence-electron chi connectivity index (χ2n) is 5.67. The van der Waals surface area contributed by atoms with Crippen LogP contribution in [0.4, 0.5) is 11.4 Å². The number of nitrogens with one attached hydrogen (secondary N) is 2. The number of benzene rings is 2. The first kappa shape index (κ1) is 17.6. The van der Waals surface area contributed by atoms with Crippen LogP contribution in [0.15, 0.2) is 66.7 Å². The number of hydrogen-bond acceptors (Lipinski definition) is 3. The van der Waals surface area contributed by atoms with Crippen LogP contribution in [0.3, 0.4) is 0 Å². The molecule has 2 aromatic carbocycles. The summed E-state index contributed by atoms with van der Waals surface area (Å²) >= 11 is 6.04. The standard InChI is InChI=1S/C20H16ClN3O2/c1-13-6-4-7-14(12-13)22-19(25)17-10-5-11-18(23-17)20(26)24-16-9-3-2-8-15(16)21/h2-12H,1H3,(H,22,25)(H,24,26). The Hall–Kier alpha value is -3.18. The Labute approximate surface area is 156 Å². The lowest BCUT2D eigenvalue weighted by Crippen LogP contribution is -2.18. The van der Waals surface area contributed by atoms with Crippen molar-refractivity contribution < 1.29 is 9.59 Å². The van der Waals surface area contributed by atoms with E-state index in [4.69, 9.17) is 11.6 Å². The smallest absolute Gasteiger partial charge is 0.274 e. The molecular weight excluding hydrogens is 350 g/mol. The number of carbonyl (C=O) groups excluding carboxylic acids is 2. The van der Waals surface area contributed by atoms with Crippen molar-refractivity contribution in [1.29, 1.82) is 0 Å². The fourth-order valence-corrected chi connectivity index (χ4v) is 2.54. The molecule has 26 heavy (non-hydrogen) atoms. The maximum Gasteiger partial charge on any atom is 0.274 e. The third-order valence-corrected chi connectivity index (χ3v) is 3.94. The zero-order valence-electron chi connectivity index (χ0n) is 14.0. The molecule has 130 valence electrons. The van der Waals surface area contributed by atoms with Crippen molar-refractivity contribution >= 4 is 34.8 Å². The van der Waals surface area contributed by atoms with Crippen LogP contribution in [0.5, 0.6) is 0 Å². The molecule has 0 bridgehead atoms. The van der Waals surface area contributed by atoms with E-state index >= 15 is 0 Å². The summed E-state index contributed by atoms with van der Waals surface area (Å²) in [5, 5.41) is 5.88. The highest BCUT2D eigenvalue weighted by atomic mass is 35.5. The second-order valence-corrected chi connectivity index (χ2v) is 6.07. The number of hydrogen-bond donors (Lipinski definition) is 2. The predicted octanol–water partition coefficient (Wildman–Crippen LogP) is 4.55. The van der Waals surface area contributed by atoms with Gasteiger partial charge in [-0.05, 0) is 48.9 Å². The van der Waals surface area contributed by atoms with Crippen LogP contribution < -0.4 is 10.6 Å². The minimum absolute atomic E-state index is 0.127. The highest BCUT2D eigenvalue weighted by molar-refractivity contribution is 6.33. The molecule has 0 atom stereocenters. The first-order valence-corrected chi connectivity index (χ1v) is 8.32. The van der Waals surface area contributed by atoms with Crippen molar-refractivity contribution in [3.63, 3.8) is 0 Å². The molecule has 0 saturated heterocycles. The van der Waals surface area contributed by atoms with Gasteiger partial charge in [-0.3, -0.25) is 9.59 Å². The first-order chi connectivity index (χ1) is 12.5. The molecule has 0 fully saturated rings. The molecule has 0 unspecified atom stereocenters. The third kappa shape index (κ3) is 4.26. The Morgan fingerprint density at radius 3 is 2.19 bits per heavy atom. The number of amides is 2. The molecule has 0 radical (unpaired) electrons. The van der Waals surface area contributed by atoms with Crippen molar-refractivity contribution in [2.45, 2.75) is 6.92 Å². The Balaban J connectivity index is 1.76. The highest BCUT2D eigenvalue weighted by Gasteiger charge is 2.13. The number of aromatic nitrogens is 1. The SMILES string of the molecule is Cc1cccc(NC(=O)c2cccc(C(=O)Nc3ccccc3Cl)n2)c1. The number of aryl methyl sites for hydroxylation is 1. The van der Waals surface area contributed by atoms with Gasteiger partial charge < -0.3 is 10.6 Å². The van der Waals surface area contributed by atoms with E-state index in [-0.39, 0.29) is 17.3 Å². The average molecular weight is 366 g/mol. The Bertz CT molecular complexity index is 973. The van der Waals surface area contributed by atoms with Crippen LogP contribution in [0.25, 0.3) is 0 Å². The molecule has 0 saturated carbocycles. The van der Waals surface area contributed by atoms with Crippen molar-refractivity contribution in [1.82, 2.24) is 4.98 Å². The van der Waals surface area contributed by atoms with Crippen LogP contribution in [0.1, 0.15) is 26.5 Å². The van der Waals surface area contributed by atoms with Gasteiger partial charge in [-0.2, -0.15) is 0 Å². The molecule has 0 aliphatic rings. The topological polar surface area (TPSA) is 71.1 Å². The van der Waals surface area contributed by atoms with Crippen LogP contribution in [0.2, 0.25) is 5.02 Å². The van der Waals surface area contributed by atoms with Crippen molar-refractivity contribution in [3.8, 4) is 0 Å². The average Bonchev–Trinajstić information content (AvgIpc) is 2.63. The number of para-hydroxylation sites is 1. The minimum Gasteiger partial charge on any atom is -0.321 e. The summed E-state index contributed by atoms with van der Waals surface area (Å²) in [6.45, 7) is 1.94. The van der Waals surface area contributed by atoms with E-state index in [2.05, 4.69) is 15.6 Å². The molecule has 6 heteroatoms. The number of halogens is 1. The quantitative estimate of drug-likeness (QED) is 0.712. The molecule has 2 amide bonds. The van der Waals surface area contributed by atoms with Gasteiger partial charge in [-0.1, -0.05) is 41.9 Å². The summed E-state index contributed by atoms with van der Waals surface area (Å²) in [6.07, 6.45) is 0. The third-order valence-electron chi connectivity index (χ3n) is 3.61. The molecule has 1 heterocycles. The van der Waals surface area contributed by atoms with Gasteiger partial charge in [0.15, 0.2) is 0 Å². The predicted molar refractivity (Wildman–Crippen MR) is 103 cm³/mol. The van der Waals surface area contributed by atoms with E-state index in [1.807, 2.05) is 25.1 Å². The summed E-state index contributed by atoms with van der Waals surface area (Å²) in [7, 11) is 0. The van der Waals surface area contributed by atoms with Gasteiger partial charge in [0.2, 0.25) is 0 Å². The molecule has 1 aromatic heterocycles. The van der Waals surface area contributed by atoms with E-state index in [0.717, 1.165) is 5.56 Å². The molecule has 5 nitrogen and oxygen atoms in total. The Kier molecular flexibility index (Phi) is 5.29. The van der Waals surface area contributed by atoms with Gasteiger partial charge in [0, 0.05) is 5.69 Å². The first-order valence-electron chi connectivity index (χ1n) is 7.94. The summed E-state index contributed by atoms with van der Waals surface area (Å²) in [4.78, 5) is 28.9. The Morgan fingerprint density at radius 2 is 1.50 bits per heavy atom. The van der Waals surface area contributed by atoms with Crippen molar-refractivity contribution in [3.05, 3.63) is 88.7 Å². The number of carbonyl (C=O) groups is 2. The number of pyridine rings is 1. The van der Waals surface area contributed by atoms with E-state index < -0.39 is 5.91 Å². The molecular formula is C20H16ClN3O2.